The molecule has 2 unspecified atom stereocenters. The minimum Gasteiger partial charge on any atom is -0.550 e. The maximum Gasteiger partial charge on any atom is 0.336 e. The second kappa shape index (κ2) is 19.8. The molecule has 0 saturated heterocycles. The van der Waals surface area contributed by atoms with Gasteiger partial charge in [-0.3, -0.25) is 9.59 Å². The highest BCUT2D eigenvalue weighted by Crippen LogP contribution is 2.16. The molecule has 0 saturated carbocycles. The van der Waals surface area contributed by atoms with Crippen LogP contribution in [-0.4, -0.2) is 118 Å². The van der Waals surface area contributed by atoms with Gasteiger partial charge in [-0.1, -0.05) is 6.92 Å². The molecule has 14 nitrogen and oxygen atoms in total. The predicted molar refractivity (Wildman–Crippen MR) is 111 cm³/mol. The highest BCUT2D eigenvalue weighted by molar-refractivity contribution is 5.88. The van der Waals surface area contributed by atoms with E-state index in [4.69, 9.17) is 35.1 Å². The Morgan fingerprint density at radius 2 is 1.39 bits per heavy atom. The van der Waals surface area contributed by atoms with Crippen molar-refractivity contribution in [2.24, 2.45) is 0 Å². The standard InChI is InChI=1S/C11H19NO7.C4H8O3.C2H4O2.C2H6O/c1-12(2,3)4-5-19-9(15)7-11(18,10(16)17)6-8(13)14;1-2-3(5)4(6)7;1-2(3)4;1-2-3/h18H,4-7H2,1-3H3,(H-,13,14,16,17);3,5H,2H2,1H3,(H,6,7);1H3,(H,3,4);3H,2H2,1H3. The maximum absolute atomic E-state index is 11.4. The zero-order valence-corrected chi connectivity index (χ0v) is 19.8. The number of carboxylic acid groups (broad SMARTS) is 4. The number of ether oxygens (including phenoxy) is 1. The lowest BCUT2D eigenvalue weighted by molar-refractivity contribution is -0.870. The average molecular weight is 487 g/mol. The smallest absolute Gasteiger partial charge is 0.336 e. The van der Waals surface area contributed by atoms with Crippen LogP contribution in [0.1, 0.15) is 40.0 Å². The van der Waals surface area contributed by atoms with Gasteiger partial charge in [-0.15, -0.1) is 0 Å². The molecule has 0 bridgehead atoms. The highest BCUT2D eigenvalue weighted by Gasteiger charge is 2.39. The Hall–Kier alpha value is -2.81. The molecule has 14 heteroatoms. The third-order valence-corrected chi connectivity index (χ3v) is 2.97. The number of carboxylic acids is 4. The molecule has 0 heterocycles. The molecule has 0 aromatic heterocycles. The number of likely N-dealkylation sites (N-methyl/N-ethyl adjacent to an activating group) is 1. The minimum absolute atomic E-state index is 0.0450. The third kappa shape index (κ3) is 31.5. The summed E-state index contributed by atoms with van der Waals surface area (Å²) in [4.78, 5) is 51.2. The summed E-state index contributed by atoms with van der Waals surface area (Å²) in [5.74, 6) is -6.52. The lowest BCUT2D eigenvalue weighted by Gasteiger charge is -2.25. The summed E-state index contributed by atoms with van der Waals surface area (Å²) >= 11 is 0. The molecule has 0 aliphatic carbocycles. The normalized spacial score (nSPS) is 12.5. The first-order chi connectivity index (χ1) is 14.8. The number of hydrogen-bond donors (Lipinski definition) is 6. The van der Waals surface area contributed by atoms with Gasteiger partial charge in [0.1, 0.15) is 13.2 Å². The van der Waals surface area contributed by atoms with Crippen molar-refractivity contribution in [1.29, 1.82) is 0 Å². The monoisotopic (exact) mass is 487 g/mol. The molecule has 33 heavy (non-hydrogen) atoms. The molecule has 0 radical (unpaired) electrons. The molecule has 6 N–H and O–H groups in total. The number of aliphatic hydroxyl groups is 3. The van der Waals surface area contributed by atoms with Gasteiger partial charge >= 0.3 is 17.9 Å². The van der Waals surface area contributed by atoms with E-state index in [1.165, 1.54) is 0 Å². The molecule has 0 fully saturated rings. The van der Waals surface area contributed by atoms with Gasteiger partial charge in [0.2, 0.25) is 0 Å². The first-order valence-electron chi connectivity index (χ1n) is 9.62. The first kappa shape index (κ1) is 37.5. The Kier molecular flexibility index (Phi) is 22.6. The molecule has 2 atom stereocenters. The van der Waals surface area contributed by atoms with Crippen molar-refractivity contribution in [1.82, 2.24) is 0 Å². The fourth-order valence-electron chi connectivity index (χ4n) is 1.35. The Balaban J connectivity index is -0.000000245. The Bertz CT molecular complexity index is 597. The van der Waals surface area contributed by atoms with Crippen molar-refractivity contribution in [2.45, 2.75) is 51.7 Å². The van der Waals surface area contributed by atoms with E-state index in [1.54, 1.807) is 13.8 Å². The number of esters is 1. The number of carbonyl (C=O) groups excluding carboxylic acids is 2. The molecule has 0 spiro atoms. The molecule has 0 amide bonds. The van der Waals surface area contributed by atoms with E-state index >= 15 is 0 Å². The van der Waals surface area contributed by atoms with Gasteiger partial charge in [0.05, 0.1) is 27.6 Å². The average Bonchev–Trinajstić information content (AvgIpc) is 2.59. The second-order valence-electron chi connectivity index (χ2n) is 7.39. The predicted octanol–water partition coefficient (Wildman–Crippen LogP) is -2.49. The molecule has 0 aliphatic heterocycles. The molecule has 0 aliphatic rings. The summed E-state index contributed by atoms with van der Waals surface area (Å²) in [7, 11) is 5.62. The number of nitrogens with zero attached hydrogens (tertiary/aromatic N) is 1. The van der Waals surface area contributed by atoms with Crippen molar-refractivity contribution in [3.05, 3.63) is 0 Å². The van der Waals surface area contributed by atoms with Crippen LogP contribution < -0.4 is 5.11 Å². The van der Waals surface area contributed by atoms with E-state index in [1.807, 2.05) is 21.1 Å². The molecule has 0 aromatic rings. The van der Waals surface area contributed by atoms with E-state index in [0.29, 0.717) is 11.0 Å². The lowest BCUT2D eigenvalue weighted by atomic mass is 9.96. The van der Waals surface area contributed by atoms with E-state index in [-0.39, 0.29) is 19.6 Å². The number of aliphatic carboxylic acids is 4. The summed E-state index contributed by atoms with van der Waals surface area (Å²) in [5.41, 5.74) is -2.70. The molecule has 196 valence electrons. The second-order valence-corrected chi connectivity index (χ2v) is 7.39. The SMILES string of the molecule is CC(=O)O.CCC(O)C(=O)O.CCO.C[N+](C)(C)CCOC(=O)CC(O)(CC(=O)[O-])C(=O)O. The number of hydrogen-bond acceptors (Lipinski definition) is 10. The van der Waals surface area contributed by atoms with Crippen LogP contribution in [0.5, 0.6) is 0 Å². The summed E-state index contributed by atoms with van der Waals surface area (Å²) in [6, 6.07) is 0. The maximum atomic E-state index is 11.4. The van der Waals surface area contributed by atoms with Crippen molar-refractivity contribution in [2.75, 3.05) is 40.9 Å². The first-order valence-corrected chi connectivity index (χ1v) is 9.62. The van der Waals surface area contributed by atoms with Gasteiger partial charge in [-0.05, 0) is 13.3 Å². The quantitative estimate of drug-likeness (QED) is 0.138. The topological polar surface area (TPSA) is 239 Å². The zero-order chi connectivity index (χ0) is 27.4. The number of aliphatic hydroxyl groups excluding tert-OH is 2. The van der Waals surface area contributed by atoms with Crippen molar-refractivity contribution >= 4 is 29.8 Å². The van der Waals surface area contributed by atoms with Gasteiger partial charge < -0.3 is 49.8 Å². The fourth-order valence-corrected chi connectivity index (χ4v) is 1.35. The lowest BCUT2D eigenvalue weighted by Crippen LogP contribution is -2.46. The molecular formula is C19H37NO13. The van der Waals surface area contributed by atoms with Gasteiger partial charge in [0.15, 0.2) is 11.7 Å². The van der Waals surface area contributed by atoms with Crippen LogP contribution in [0.25, 0.3) is 0 Å². The number of rotatable bonds is 10. The van der Waals surface area contributed by atoms with Gasteiger partial charge in [0, 0.05) is 25.9 Å². The van der Waals surface area contributed by atoms with Gasteiger partial charge in [0.25, 0.3) is 5.97 Å². The van der Waals surface area contributed by atoms with Crippen molar-refractivity contribution in [3.8, 4) is 0 Å². The van der Waals surface area contributed by atoms with Crippen LogP contribution in [-0.2, 0) is 28.7 Å². The van der Waals surface area contributed by atoms with Crippen LogP contribution in [0, 0.1) is 0 Å². The molecular weight excluding hydrogens is 450 g/mol. The van der Waals surface area contributed by atoms with E-state index in [0.717, 1.165) is 6.92 Å². The zero-order valence-electron chi connectivity index (χ0n) is 19.8. The Morgan fingerprint density at radius 3 is 1.61 bits per heavy atom. The number of quaternary nitrogens is 1. The Labute approximate surface area is 192 Å². The number of carbonyl (C=O) groups is 5. The van der Waals surface area contributed by atoms with Crippen LogP contribution in [0.15, 0.2) is 0 Å². The highest BCUT2D eigenvalue weighted by atomic mass is 16.5. The van der Waals surface area contributed by atoms with Gasteiger partial charge in [-0.25, -0.2) is 9.59 Å². The van der Waals surface area contributed by atoms with Gasteiger partial charge in [-0.2, -0.15) is 0 Å². The largest absolute Gasteiger partial charge is 0.550 e. The Morgan fingerprint density at radius 1 is 1.00 bits per heavy atom. The third-order valence-electron chi connectivity index (χ3n) is 2.97. The van der Waals surface area contributed by atoms with Crippen LogP contribution in [0.4, 0.5) is 0 Å². The molecule has 0 aromatic carbocycles. The fraction of sp³-hybridized carbons (Fsp3) is 0.737. The minimum atomic E-state index is -2.70. The molecule has 0 rings (SSSR count). The van der Waals surface area contributed by atoms with Crippen LogP contribution in [0.2, 0.25) is 0 Å². The van der Waals surface area contributed by atoms with E-state index in [2.05, 4.69) is 0 Å². The van der Waals surface area contributed by atoms with Crippen molar-refractivity contribution < 1.29 is 68.9 Å². The summed E-state index contributed by atoms with van der Waals surface area (Å²) in [6.45, 7) is 5.17. The summed E-state index contributed by atoms with van der Waals surface area (Å²) in [6.07, 6.45) is -3.02. The van der Waals surface area contributed by atoms with E-state index < -0.39 is 54.4 Å². The van der Waals surface area contributed by atoms with E-state index in [9.17, 15) is 29.4 Å². The summed E-state index contributed by atoms with van der Waals surface area (Å²) < 4.78 is 5.29. The summed E-state index contributed by atoms with van der Waals surface area (Å²) in [5, 5.41) is 59.9. The van der Waals surface area contributed by atoms with Crippen LogP contribution in [0.3, 0.4) is 0 Å². The van der Waals surface area contributed by atoms with Crippen molar-refractivity contribution in [3.63, 3.8) is 0 Å². The van der Waals surface area contributed by atoms with Crippen LogP contribution >= 0.6 is 0 Å².